The van der Waals surface area contributed by atoms with Gasteiger partial charge < -0.3 is 11.1 Å². The van der Waals surface area contributed by atoms with Gasteiger partial charge in [-0.1, -0.05) is 27.7 Å². The number of nitrogens with one attached hydrogen (secondary N) is 1. The highest BCUT2D eigenvalue weighted by Gasteiger charge is 2.64. The van der Waals surface area contributed by atoms with Gasteiger partial charge in [0.2, 0.25) is 0 Å². The molecule has 1 aliphatic rings. The predicted molar refractivity (Wildman–Crippen MR) is 80.6 cm³/mol. The molecule has 0 amide bonds. The Morgan fingerprint density at radius 2 is 1.89 bits per heavy atom. The molecule has 0 atom stereocenters. The molecule has 100 valence electrons. The molecule has 1 aromatic rings. The molecule has 1 fully saturated rings. The normalized spacial score (nSPS) is 20.8. The van der Waals surface area contributed by atoms with Crippen molar-refractivity contribution in [3.8, 4) is 0 Å². The van der Waals surface area contributed by atoms with E-state index in [0.717, 1.165) is 28.1 Å². The molecule has 0 bridgehead atoms. The Morgan fingerprint density at radius 1 is 1.33 bits per heavy atom. The minimum Gasteiger partial charge on any atom is -0.397 e. The van der Waals surface area contributed by atoms with Gasteiger partial charge >= 0.3 is 0 Å². The quantitative estimate of drug-likeness (QED) is 0.892. The van der Waals surface area contributed by atoms with Crippen molar-refractivity contribution in [1.82, 2.24) is 4.98 Å². The van der Waals surface area contributed by atoms with Gasteiger partial charge in [0.25, 0.3) is 0 Å². The predicted octanol–water partition coefficient (Wildman–Crippen LogP) is 3.83. The zero-order valence-corrected chi connectivity index (χ0v) is 13.4. The highest BCUT2D eigenvalue weighted by molar-refractivity contribution is 9.10. The van der Waals surface area contributed by atoms with E-state index >= 15 is 0 Å². The summed E-state index contributed by atoms with van der Waals surface area (Å²) in [6.07, 6.45) is 1.71. The average Bonchev–Trinajstić information content (AvgIpc) is 2.66. The van der Waals surface area contributed by atoms with Gasteiger partial charge in [-0.15, -0.1) is 0 Å². The van der Waals surface area contributed by atoms with Gasteiger partial charge in [0.15, 0.2) is 0 Å². The monoisotopic (exact) mass is 311 g/mol. The van der Waals surface area contributed by atoms with Gasteiger partial charge in [0.1, 0.15) is 5.82 Å². The maximum Gasteiger partial charge on any atom is 0.140 e. The number of aromatic nitrogens is 1. The largest absolute Gasteiger partial charge is 0.397 e. The maximum atomic E-state index is 5.82. The molecule has 3 nitrogen and oxygen atoms in total. The van der Waals surface area contributed by atoms with Gasteiger partial charge in [-0.05, 0) is 45.2 Å². The first-order chi connectivity index (χ1) is 8.19. The molecule has 0 saturated heterocycles. The molecule has 4 heteroatoms. The van der Waals surface area contributed by atoms with E-state index in [-0.39, 0.29) is 0 Å². The third-order valence-corrected chi connectivity index (χ3v) is 6.07. The number of nitrogens with zero attached hydrogens (tertiary/aromatic N) is 1. The van der Waals surface area contributed by atoms with Crippen molar-refractivity contribution in [1.29, 1.82) is 0 Å². The standard InChI is InChI=1S/C14H22BrN3/c1-8-9(16)6-17-12(11(8)15)18-7-10-13(2,3)14(10,4)5/h6,10H,7,16H2,1-5H3,(H,17,18). The topological polar surface area (TPSA) is 50.9 Å². The van der Waals surface area contributed by atoms with E-state index in [1.165, 1.54) is 0 Å². The number of halogens is 1. The highest BCUT2D eigenvalue weighted by atomic mass is 79.9. The molecule has 0 aromatic carbocycles. The van der Waals surface area contributed by atoms with Crippen molar-refractivity contribution >= 4 is 27.4 Å². The van der Waals surface area contributed by atoms with E-state index in [1.807, 2.05) is 6.92 Å². The van der Waals surface area contributed by atoms with Crippen molar-refractivity contribution in [2.45, 2.75) is 34.6 Å². The van der Waals surface area contributed by atoms with Gasteiger partial charge in [0.05, 0.1) is 16.4 Å². The fourth-order valence-electron chi connectivity index (χ4n) is 2.76. The minimum atomic E-state index is 0.398. The Bertz CT molecular complexity index is 466. The lowest BCUT2D eigenvalue weighted by atomic mass is 10.0. The smallest absolute Gasteiger partial charge is 0.140 e. The summed E-state index contributed by atoms with van der Waals surface area (Å²) >= 11 is 3.55. The zero-order valence-electron chi connectivity index (χ0n) is 11.8. The van der Waals surface area contributed by atoms with Crippen LogP contribution in [0.25, 0.3) is 0 Å². The van der Waals surface area contributed by atoms with Crippen LogP contribution in [0.2, 0.25) is 0 Å². The van der Waals surface area contributed by atoms with Crippen LogP contribution in [0, 0.1) is 23.7 Å². The maximum absolute atomic E-state index is 5.82. The van der Waals surface area contributed by atoms with Crippen LogP contribution in [0.15, 0.2) is 10.7 Å². The number of nitrogens with two attached hydrogens (primary N) is 1. The lowest BCUT2D eigenvalue weighted by Gasteiger charge is -2.11. The van der Waals surface area contributed by atoms with Crippen molar-refractivity contribution in [3.63, 3.8) is 0 Å². The molecule has 0 aliphatic heterocycles. The molecule has 1 aliphatic carbocycles. The van der Waals surface area contributed by atoms with Crippen LogP contribution in [-0.4, -0.2) is 11.5 Å². The Balaban J connectivity index is 2.07. The molecule has 0 radical (unpaired) electrons. The van der Waals surface area contributed by atoms with E-state index in [9.17, 15) is 0 Å². The first kappa shape index (κ1) is 13.7. The molecule has 2 rings (SSSR count). The molecule has 0 unspecified atom stereocenters. The summed E-state index contributed by atoms with van der Waals surface area (Å²) in [6, 6.07) is 0. The Labute approximate surface area is 118 Å². The fourth-order valence-corrected chi connectivity index (χ4v) is 3.23. The summed E-state index contributed by atoms with van der Waals surface area (Å²) in [5.74, 6) is 1.57. The number of hydrogen-bond donors (Lipinski definition) is 2. The second-order valence-electron chi connectivity index (χ2n) is 6.38. The summed E-state index contributed by atoms with van der Waals surface area (Å²) in [6.45, 7) is 12.3. The SMILES string of the molecule is Cc1c(N)cnc(NCC2C(C)(C)C2(C)C)c1Br. The van der Waals surface area contributed by atoms with Crippen molar-refractivity contribution < 1.29 is 0 Å². The summed E-state index contributed by atoms with van der Waals surface area (Å²) in [5, 5.41) is 3.44. The van der Waals surface area contributed by atoms with Crippen molar-refractivity contribution in [2.75, 3.05) is 17.6 Å². The van der Waals surface area contributed by atoms with Crippen LogP contribution in [-0.2, 0) is 0 Å². The van der Waals surface area contributed by atoms with Crippen LogP contribution in [0.3, 0.4) is 0 Å². The number of pyridine rings is 1. The Kier molecular flexibility index (Phi) is 3.13. The molecule has 1 aromatic heterocycles. The highest BCUT2D eigenvalue weighted by Crippen LogP contribution is 2.68. The average molecular weight is 312 g/mol. The van der Waals surface area contributed by atoms with E-state index in [0.29, 0.717) is 16.7 Å². The molecule has 18 heavy (non-hydrogen) atoms. The summed E-state index contributed by atoms with van der Waals surface area (Å²) in [5.41, 5.74) is 8.39. The summed E-state index contributed by atoms with van der Waals surface area (Å²) in [7, 11) is 0. The number of nitrogen functional groups attached to an aromatic ring is 1. The van der Waals surface area contributed by atoms with Gasteiger partial charge in [-0.25, -0.2) is 4.98 Å². The number of hydrogen-bond acceptors (Lipinski definition) is 3. The minimum absolute atomic E-state index is 0.398. The van der Waals surface area contributed by atoms with Crippen LogP contribution in [0.1, 0.15) is 33.3 Å². The van der Waals surface area contributed by atoms with Gasteiger partial charge in [-0.3, -0.25) is 0 Å². The number of rotatable bonds is 3. The third-order valence-electron chi connectivity index (χ3n) is 5.10. The van der Waals surface area contributed by atoms with Crippen LogP contribution >= 0.6 is 15.9 Å². The van der Waals surface area contributed by atoms with E-state index in [4.69, 9.17) is 5.73 Å². The lowest BCUT2D eigenvalue weighted by molar-refractivity contribution is 0.457. The van der Waals surface area contributed by atoms with E-state index < -0.39 is 0 Å². The van der Waals surface area contributed by atoms with Gasteiger partial charge in [0, 0.05) is 6.54 Å². The second kappa shape index (κ2) is 4.12. The molecular weight excluding hydrogens is 290 g/mol. The fraction of sp³-hybridized carbons (Fsp3) is 0.643. The Hall–Kier alpha value is -0.770. The van der Waals surface area contributed by atoms with Crippen molar-refractivity contribution in [2.24, 2.45) is 16.7 Å². The van der Waals surface area contributed by atoms with Crippen LogP contribution in [0.4, 0.5) is 11.5 Å². The first-order valence-electron chi connectivity index (χ1n) is 6.34. The first-order valence-corrected chi connectivity index (χ1v) is 7.13. The van der Waals surface area contributed by atoms with E-state index in [1.54, 1.807) is 6.20 Å². The molecule has 3 N–H and O–H groups in total. The van der Waals surface area contributed by atoms with Crippen molar-refractivity contribution in [3.05, 3.63) is 16.2 Å². The molecule has 1 saturated carbocycles. The Morgan fingerprint density at radius 3 is 2.39 bits per heavy atom. The zero-order chi connectivity index (χ0) is 13.7. The molecular formula is C14H22BrN3. The number of anilines is 2. The third kappa shape index (κ3) is 1.91. The van der Waals surface area contributed by atoms with Crippen LogP contribution in [0.5, 0.6) is 0 Å². The van der Waals surface area contributed by atoms with Crippen LogP contribution < -0.4 is 11.1 Å². The second-order valence-corrected chi connectivity index (χ2v) is 7.17. The lowest BCUT2D eigenvalue weighted by Crippen LogP contribution is -2.10. The molecule has 1 heterocycles. The summed E-state index contributed by atoms with van der Waals surface area (Å²) < 4.78 is 0.971. The van der Waals surface area contributed by atoms with E-state index in [2.05, 4.69) is 53.9 Å². The summed E-state index contributed by atoms with van der Waals surface area (Å²) in [4.78, 5) is 4.35. The van der Waals surface area contributed by atoms with Gasteiger partial charge in [-0.2, -0.15) is 0 Å². The molecule has 0 spiro atoms.